The van der Waals surface area contributed by atoms with Gasteiger partial charge in [-0.15, -0.1) is 0 Å². The van der Waals surface area contributed by atoms with Gasteiger partial charge in [-0.05, 0) is 38.0 Å². The van der Waals surface area contributed by atoms with Crippen molar-refractivity contribution in [2.75, 3.05) is 0 Å². The maximum Gasteiger partial charge on any atom is 0.225 e. The van der Waals surface area contributed by atoms with Crippen molar-refractivity contribution in [3.05, 3.63) is 0 Å². The fourth-order valence-corrected chi connectivity index (χ4v) is 4.92. The van der Waals surface area contributed by atoms with Crippen LogP contribution in [0.2, 0.25) is 0 Å². The second-order valence-corrected chi connectivity index (χ2v) is 7.26. The Morgan fingerprint density at radius 3 is 2.75 bits per heavy atom. The summed E-state index contributed by atoms with van der Waals surface area (Å²) in [5.41, 5.74) is -0.499. The number of amides is 1. The zero-order chi connectivity index (χ0) is 14.1. The van der Waals surface area contributed by atoms with Gasteiger partial charge in [0.25, 0.3) is 0 Å². The Kier molecular flexibility index (Phi) is 2.58. The van der Waals surface area contributed by atoms with Crippen molar-refractivity contribution in [2.45, 2.75) is 64.1 Å². The van der Waals surface area contributed by atoms with E-state index >= 15 is 0 Å². The molecular weight excluding hydrogens is 258 g/mol. The van der Waals surface area contributed by atoms with Crippen LogP contribution in [0.1, 0.15) is 46.5 Å². The Hall–Kier alpha value is -0.650. The minimum Gasteiger partial charge on any atom is -0.328 e. The maximum atomic E-state index is 12.2. The van der Waals surface area contributed by atoms with Crippen molar-refractivity contribution in [1.29, 1.82) is 0 Å². The molecule has 112 valence electrons. The van der Waals surface area contributed by atoms with Gasteiger partial charge >= 0.3 is 0 Å². The first kappa shape index (κ1) is 13.0. The molecule has 5 aliphatic rings. The Bertz CT molecular complexity index is 455. The summed E-state index contributed by atoms with van der Waals surface area (Å²) in [5, 5.41) is 3.04. The highest BCUT2D eigenvalue weighted by Gasteiger charge is 2.68. The van der Waals surface area contributed by atoms with E-state index < -0.39 is 11.4 Å². The van der Waals surface area contributed by atoms with Gasteiger partial charge in [0.2, 0.25) is 11.7 Å². The summed E-state index contributed by atoms with van der Waals surface area (Å²) in [6.45, 7) is 6.19. The topological polar surface area (TPSA) is 56.8 Å². The van der Waals surface area contributed by atoms with E-state index in [2.05, 4.69) is 12.2 Å². The number of hydrogen-bond donors (Lipinski definition) is 1. The summed E-state index contributed by atoms with van der Waals surface area (Å²) in [7, 11) is 0. The molecule has 5 fully saturated rings. The highest BCUT2D eigenvalue weighted by atomic mass is 17.3. The van der Waals surface area contributed by atoms with Crippen molar-refractivity contribution in [2.24, 2.45) is 23.7 Å². The van der Waals surface area contributed by atoms with Crippen molar-refractivity contribution < 1.29 is 19.3 Å². The summed E-state index contributed by atoms with van der Waals surface area (Å²) in [5.74, 6) is 0.452. The molecule has 7 atom stereocenters. The molecule has 2 bridgehead atoms. The molecule has 1 aliphatic carbocycles. The van der Waals surface area contributed by atoms with Gasteiger partial charge < -0.3 is 10.1 Å². The lowest BCUT2D eigenvalue weighted by molar-refractivity contribution is -0.538. The molecule has 1 saturated carbocycles. The third kappa shape index (κ3) is 1.46. The van der Waals surface area contributed by atoms with Crippen LogP contribution in [-0.2, 0) is 19.3 Å². The Balaban J connectivity index is 1.84. The number of hydrogen-bond acceptors (Lipinski definition) is 4. The van der Waals surface area contributed by atoms with Gasteiger partial charge in [-0.25, -0.2) is 9.78 Å². The molecule has 0 radical (unpaired) electrons. The number of piperidine rings is 1. The van der Waals surface area contributed by atoms with Crippen LogP contribution >= 0.6 is 0 Å². The highest BCUT2D eigenvalue weighted by Crippen LogP contribution is 2.58. The van der Waals surface area contributed by atoms with Crippen LogP contribution in [0, 0.1) is 23.7 Å². The van der Waals surface area contributed by atoms with Crippen LogP contribution in [-0.4, -0.2) is 23.5 Å². The Morgan fingerprint density at radius 1 is 1.15 bits per heavy atom. The van der Waals surface area contributed by atoms with Gasteiger partial charge in [0, 0.05) is 18.3 Å². The number of carbonyl (C=O) groups is 1. The van der Waals surface area contributed by atoms with Crippen LogP contribution in [0.25, 0.3) is 0 Å². The first-order chi connectivity index (χ1) is 9.46. The average Bonchev–Trinajstić information content (AvgIpc) is 2.63. The normalized spacial score (nSPS) is 57.8. The summed E-state index contributed by atoms with van der Waals surface area (Å²) in [4.78, 5) is 23.9. The molecule has 0 aromatic heterocycles. The molecule has 4 heterocycles. The lowest BCUT2D eigenvalue weighted by Crippen LogP contribution is -2.74. The summed E-state index contributed by atoms with van der Waals surface area (Å²) in [6, 6.07) is 0. The smallest absolute Gasteiger partial charge is 0.225 e. The van der Waals surface area contributed by atoms with E-state index in [0.717, 1.165) is 25.7 Å². The largest absolute Gasteiger partial charge is 0.328 e. The molecule has 5 rings (SSSR count). The van der Waals surface area contributed by atoms with E-state index in [4.69, 9.17) is 14.5 Å². The molecule has 1 unspecified atom stereocenters. The fourth-order valence-electron chi connectivity index (χ4n) is 4.92. The van der Waals surface area contributed by atoms with Gasteiger partial charge in [-0.3, -0.25) is 4.79 Å². The summed E-state index contributed by atoms with van der Waals surface area (Å²) < 4.78 is 6.12. The predicted octanol–water partition coefficient (Wildman–Crippen LogP) is 1.97. The van der Waals surface area contributed by atoms with Crippen molar-refractivity contribution in [3.63, 3.8) is 0 Å². The number of ether oxygens (including phenoxy) is 1. The standard InChI is InChI=1S/C15H23NO4/c1-8-4-5-11-9(2)12(17)16-13-15(11)10(8)6-7-14(3,18-13)19-20-15/h8-11,13H,4-7H2,1-3H3,(H,16,17)/t8-,9-,10+,11+,13-,14?,15-/m1/s1. The molecular formula is C15H23NO4. The van der Waals surface area contributed by atoms with Crippen LogP contribution in [0.5, 0.6) is 0 Å². The molecule has 5 nitrogen and oxygen atoms in total. The number of carbonyl (C=O) groups excluding carboxylic acids is 1. The van der Waals surface area contributed by atoms with Gasteiger partial charge in [0.1, 0.15) is 0 Å². The van der Waals surface area contributed by atoms with Crippen LogP contribution in [0.15, 0.2) is 0 Å². The van der Waals surface area contributed by atoms with Crippen LogP contribution < -0.4 is 5.32 Å². The first-order valence-corrected chi connectivity index (χ1v) is 7.81. The summed E-state index contributed by atoms with van der Waals surface area (Å²) in [6.07, 6.45) is 3.64. The van der Waals surface area contributed by atoms with E-state index in [1.165, 1.54) is 0 Å². The molecule has 1 N–H and O–H groups in total. The second kappa shape index (κ2) is 3.96. The molecule has 0 aromatic carbocycles. The van der Waals surface area contributed by atoms with Gasteiger partial charge in [0.05, 0.1) is 0 Å². The third-order valence-corrected chi connectivity index (χ3v) is 6.12. The lowest BCUT2D eigenvalue weighted by Gasteiger charge is -2.58. The lowest BCUT2D eigenvalue weighted by atomic mass is 9.57. The van der Waals surface area contributed by atoms with E-state index in [9.17, 15) is 4.79 Å². The second-order valence-electron chi connectivity index (χ2n) is 7.26. The minimum atomic E-state index is -0.731. The molecule has 5 heteroatoms. The molecule has 1 spiro atoms. The summed E-state index contributed by atoms with van der Waals surface area (Å²) >= 11 is 0. The highest BCUT2D eigenvalue weighted by molar-refractivity contribution is 5.80. The van der Waals surface area contributed by atoms with E-state index in [0.29, 0.717) is 11.8 Å². The van der Waals surface area contributed by atoms with Gasteiger partial charge in [-0.2, -0.15) is 0 Å². The zero-order valence-electron chi connectivity index (χ0n) is 12.3. The van der Waals surface area contributed by atoms with Crippen molar-refractivity contribution in [3.8, 4) is 0 Å². The molecule has 4 aliphatic heterocycles. The van der Waals surface area contributed by atoms with E-state index in [1.54, 1.807) is 0 Å². The van der Waals surface area contributed by atoms with Gasteiger partial charge in [0.15, 0.2) is 11.8 Å². The molecule has 0 aromatic rings. The zero-order valence-corrected chi connectivity index (χ0v) is 12.3. The van der Waals surface area contributed by atoms with E-state index in [1.807, 2.05) is 13.8 Å². The van der Waals surface area contributed by atoms with Crippen molar-refractivity contribution >= 4 is 5.91 Å². The maximum absolute atomic E-state index is 12.2. The third-order valence-electron chi connectivity index (χ3n) is 6.12. The predicted molar refractivity (Wildman–Crippen MR) is 70.1 cm³/mol. The Labute approximate surface area is 119 Å². The van der Waals surface area contributed by atoms with Crippen LogP contribution in [0.3, 0.4) is 0 Å². The SMILES string of the molecule is C[C@@H]1CC[C@H]2[C@@H](C)C(=O)N[C@@H]3OC4(C)CC[C@@H]1[C@]32OO4. The first-order valence-electron chi connectivity index (χ1n) is 7.81. The van der Waals surface area contributed by atoms with Gasteiger partial charge in [-0.1, -0.05) is 13.8 Å². The fraction of sp³-hybridized carbons (Fsp3) is 0.933. The number of fused-ring (bicyclic) bond motifs is 2. The van der Waals surface area contributed by atoms with E-state index in [-0.39, 0.29) is 24.0 Å². The quantitative estimate of drug-likeness (QED) is 0.690. The Morgan fingerprint density at radius 2 is 1.95 bits per heavy atom. The monoisotopic (exact) mass is 281 g/mol. The van der Waals surface area contributed by atoms with Crippen LogP contribution in [0.4, 0.5) is 0 Å². The number of nitrogens with one attached hydrogen (secondary N) is 1. The minimum absolute atomic E-state index is 0.0455. The average molecular weight is 281 g/mol. The molecule has 1 amide bonds. The van der Waals surface area contributed by atoms with Crippen molar-refractivity contribution in [1.82, 2.24) is 5.32 Å². The molecule has 4 saturated heterocycles. The molecule has 20 heavy (non-hydrogen) atoms. The number of rotatable bonds is 0.